The van der Waals surface area contributed by atoms with E-state index in [2.05, 4.69) is 13.8 Å². The molecule has 0 radical (unpaired) electrons. The van der Waals surface area contributed by atoms with Crippen LogP contribution in [0.2, 0.25) is 0 Å². The van der Waals surface area contributed by atoms with E-state index in [0.29, 0.717) is 5.92 Å². The second-order valence-electron chi connectivity index (χ2n) is 3.17. The number of hydrogen-bond acceptors (Lipinski definition) is 2. The van der Waals surface area contributed by atoms with Gasteiger partial charge in [-0.2, -0.15) is 11.8 Å². The van der Waals surface area contributed by atoms with Crippen LogP contribution in [0.15, 0.2) is 0 Å². The SMILES string of the molecule is CC(C)CSC[C@H](C)C(=O)O. The van der Waals surface area contributed by atoms with Gasteiger partial charge >= 0.3 is 5.97 Å². The first kappa shape index (κ1) is 10.8. The van der Waals surface area contributed by atoms with Crippen molar-refractivity contribution in [1.82, 2.24) is 0 Å². The molecule has 2 nitrogen and oxygen atoms in total. The van der Waals surface area contributed by atoms with E-state index in [0.717, 1.165) is 11.5 Å². The molecule has 0 amide bonds. The van der Waals surface area contributed by atoms with Gasteiger partial charge in [0.15, 0.2) is 0 Å². The highest BCUT2D eigenvalue weighted by atomic mass is 32.2. The van der Waals surface area contributed by atoms with Crippen molar-refractivity contribution in [2.45, 2.75) is 20.8 Å². The molecule has 66 valence electrons. The second kappa shape index (κ2) is 5.47. The summed E-state index contributed by atoms with van der Waals surface area (Å²) in [4.78, 5) is 10.4. The van der Waals surface area contributed by atoms with Crippen LogP contribution in [0.25, 0.3) is 0 Å². The molecule has 1 atom stereocenters. The fourth-order valence-electron chi connectivity index (χ4n) is 0.552. The molecule has 1 N–H and O–H groups in total. The second-order valence-corrected chi connectivity index (χ2v) is 4.25. The Morgan fingerprint density at radius 3 is 2.27 bits per heavy atom. The molecule has 0 saturated heterocycles. The van der Waals surface area contributed by atoms with Crippen molar-refractivity contribution < 1.29 is 9.90 Å². The predicted molar refractivity (Wildman–Crippen MR) is 49.0 cm³/mol. The smallest absolute Gasteiger partial charge is 0.307 e. The van der Waals surface area contributed by atoms with Crippen LogP contribution in [0, 0.1) is 11.8 Å². The first-order valence-electron chi connectivity index (χ1n) is 3.84. The number of carbonyl (C=O) groups is 1. The van der Waals surface area contributed by atoms with Crippen molar-refractivity contribution in [3.63, 3.8) is 0 Å². The fourth-order valence-corrected chi connectivity index (χ4v) is 1.66. The molecule has 11 heavy (non-hydrogen) atoms. The van der Waals surface area contributed by atoms with E-state index < -0.39 is 5.97 Å². The lowest BCUT2D eigenvalue weighted by molar-refractivity contribution is -0.140. The zero-order valence-electron chi connectivity index (χ0n) is 7.33. The summed E-state index contributed by atoms with van der Waals surface area (Å²) >= 11 is 1.72. The number of carboxylic acid groups (broad SMARTS) is 1. The molecule has 0 aliphatic heterocycles. The van der Waals surface area contributed by atoms with E-state index in [1.807, 2.05) is 0 Å². The maximum absolute atomic E-state index is 10.4. The Hall–Kier alpha value is -0.180. The molecule has 0 aliphatic rings. The van der Waals surface area contributed by atoms with E-state index >= 15 is 0 Å². The van der Waals surface area contributed by atoms with Crippen molar-refractivity contribution in [2.75, 3.05) is 11.5 Å². The van der Waals surface area contributed by atoms with Crippen LogP contribution >= 0.6 is 11.8 Å². The Balaban J connectivity index is 3.31. The highest BCUT2D eigenvalue weighted by Crippen LogP contribution is 2.12. The molecule has 0 aromatic heterocycles. The largest absolute Gasteiger partial charge is 0.481 e. The van der Waals surface area contributed by atoms with E-state index in [4.69, 9.17) is 5.11 Å². The van der Waals surface area contributed by atoms with Gasteiger partial charge in [-0.15, -0.1) is 0 Å². The van der Waals surface area contributed by atoms with Gasteiger partial charge in [0.2, 0.25) is 0 Å². The van der Waals surface area contributed by atoms with Crippen LogP contribution in [0.1, 0.15) is 20.8 Å². The van der Waals surface area contributed by atoms with Gasteiger partial charge in [0.25, 0.3) is 0 Å². The molecule has 0 fully saturated rings. The van der Waals surface area contributed by atoms with Gasteiger partial charge in [-0.05, 0) is 11.7 Å². The highest BCUT2D eigenvalue weighted by Gasteiger charge is 2.10. The Morgan fingerprint density at radius 2 is 1.91 bits per heavy atom. The summed E-state index contributed by atoms with van der Waals surface area (Å²) in [5.41, 5.74) is 0. The third-order valence-corrected chi connectivity index (χ3v) is 2.88. The zero-order valence-corrected chi connectivity index (χ0v) is 8.15. The van der Waals surface area contributed by atoms with Gasteiger partial charge in [-0.1, -0.05) is 20.8 Å². The topological polar surface area (TPSA) is 37.3 Å². The van der Waals surface area contributed by atoms with E-state index in [9.17, 15) is 4.79 Å². The lowest BCUT2D eigenvalue weighted by Gasteiger charge is -2.06. The van der Waals surface area contributed by atoms with Crippen molar-refractivity contribution in [3.05, 3.63) is 0 Å². The van der Waals surface area contributed by atoms with Crippen molar-refractivity contribution in [1.29, 1.82) is 0 Å². The van der Waals surface area contributed by atoms with E-state index in [1.54, 1.807) is 18.7 Å². The monoisotopic (exact) mass is 176 g/mol. The highest BCUT2D eigenvalue weighted by molar-refractivity contribution is 7.99. The molecule has 0 heterocycles. The van der Waals surface area contributed by atoms with Gasteiger partial charge in [0.05, 0.1) is 5.92 Å². The van der Waals surface area contributed by atoms with E-state index in [-0.39, 0.29) is 5.92 Å². The van der Waals surface area contributed by atoms with Gasteiger partial charge < -0.3 is 5.11 Å². The van der Waals surface area contributed by atoms with Gasteiger partial charge in [0, 0.05) is 5.75 Å². The van der Waals surface area contributed by atoms with Crippen molar-refractivity contribution in [3.8, 4) is 0 Å². The van der Waals surface area contributed by atoms with Crippen LogP contribution < -0.4 is 0 Å². The molecule has 0 rings (SSSR count). The number of hydrogen-bond donors (Lipinski definition) is 1. The maximum Gasteiger partial charge on any atom is 0.307 e. The number of aliphatic carboxylic acids is 1. The Bertz CT molecular complexity index is 123. The predicted octanol–water partition coefficient (Wildman–Crippen LogP) is 2.10. The average Bonchev–Trinajstić information content (AvgIpc) is 1.86. The Labute approximate surface area is 72.4 Å². The summed E-state index contributed by atoms with van der Waals surface area (Å²) in [6.07, 6.45) is 0. The third-order valence-electron chi connectivity index (χ3n) is 1.24. The van der Waals surface area contributed by atoms with Gasteiger partial charge in [-0.25, -0.2) is 0 Å². The molecule has 3 heteroatoms. The summed E-state index contributed by atoms with van der Waals surface area (Å²) < 4.78 is 0. The molecule has 0 aromatic rings. The van der Waals surface area contributed by atoms with Crippen LogP contribution in [-0.4, -0.2) is 22.6 Å². The van der Waals surface area contributed by atoms with Crippen LogP contribution in [-0.2, 0) is 4.79 Å². The molecule has 0 unspecified atom stereocenters. The zero-order chi connectivity index (χ0) is 8.85. The summed E-state index contributed by atoms with van der Waals surface area (Å²) in [7, 11) is 0. The summed E-state index contributed by atoms with van der Waals surface area (Å²) in [5.74, 6) is 1.53. The normalized spacial score (nSPS) is 13.5. The third kappa shape index (κ3) is 6.23. The molecular formula is C8H16O2S. The van der Waals surface area contributed by atoms with Crippen molar-refractivity contribution >= 4 is 17.7 Å². The standard InChI is InChI=1S/C8H16O2S/c1-6(2)4-11-5-7(3)8(9)10/h6-7H,4-5H2,1-3H3,(H,9,10)/t7-/m0/s1. The summed E-state index contributed by atoms with van der Waals surface area (Å²) in [6, 6.07) is 0. The first-order valence-corrected chi connectivity index (χ1v) is 5.00. The van der Waals surface area contributed by atoms with E-state index in [1.165, 1.54) is 0 Å². The molecule has 0 saturated carbocycles. The van der Waals surface area contributed by atoms with Crippen LogP contribution in [0.5, 0.6) is 0 Å². The molecule has 0 aromatic carbocycles. The quantitative estimate of drug-likeness (QED) is 0.697. The number of carboxylic acids is 1. The number of thioether (sulfide) groups is 1. The lowest BCUT2D eigenvalue weighted by atomic mass is 10.2. The van der Waals surface area contributed by atoms with Crippen LogP contribution in [0.4, 0.5) is 0 Å². The minimum Gasteiger partial charge on any atom is -0.481 e. The number of rotatable bonds is 5. The Kier molecular flexibility index (Phi) is 5.38. The fraction of sp³-hybridized carbons (Fsp3) is 0.875. The lowest BCUT2D eigenvalue weighted by Crippen LogP contribution is -2.12. The van der Waals surface area contributed by atoms with Crippen LogP contribution in [0.3, 0.4) is 0 Å². The summed E-state index contributed by atoms with van der Waals surface area (Å²) in [5, 5.41) is 8.53. The van der Waals surface area contributed by atoms with Gasteiger partial charge in [-0.3, -0.25) is 4.79 Å². The first-order chi connectivity index (χ1) is 5.04. The average molecular weight is 176 g/mol. The molecular weight excluding hydrogens is 160 g/mol. The maximum atomic E-state index is 10.4. The minimum atomic E-state index is -0.693. The molecule has 0 bridgehead atoms. The molecule has 0 spiro atoms. The van der Waals surface area contributed by atoms with Gasteiger partial charge in [0.1, 0.15) is 0 Å². The minimum absolute atomic E-state index is 0.209. The summed E-state index contributed by atoms with van der Waals surface area (Å²) in [6.45, 7) is 6.02. The van der Waals surface area contributed by atoms with Crippen molar-refractivity contribution in [2.24, 2.45) is 11.8 Å². The Morgan fingerprint density at radius 1 is 1.36 bits per heavy atom. The molecule has 0 aliphatic carbocycles.